The lowest BCUT2D eigenvalue weighted by Crippen LogP contribution is -2.28. The Bertz CT molecular complexity index is 434. The van der Waals surface area contributed by atoms with Gasteiger partial charge in [0.15, 0.2) is 0 Å². The number of aliphatic hydroxyl groups excluding tert-OH is 1. The number of rotatable bonds is 3. The van der Waals surface area contributed by atoms with Crippen LogP contribution in [0.5, 0.6) is 0 Å². The van der Waals surface area contributed by atoms with E-state index in [1.54, 1.807) is 0 Å². The molecule has 0 unspecified atom stereocenters. The first-order valence-corrected chi connectivity index (χ1v) is 4.64. The summed E-state index contributed by atoms with van der Waals surface area (Å²) in [5.74, 6) is 0.378. The number of H-pyrrole nitrogens is 1. The van der Waals surface area contributed by atoms with Crippen molar-refractivity contribution in [3.8, 4) is 0 Å². The fourth-order valence-corrected chi connectivity index (χ4v) is 1.74. The molecular formula is C9H12N2O3. The van der Waals surface area contributed by atoms with Gasteiger partial charge in [0.05, 0.1) is 0 Å². The number of aromatic amines is 1. The van der Waals surface area contributed by atoms with E-state index < -0.39 is 0 Å². The summed E-state index contributed by atoms with van der Waals surface area (Å²) in [4.78, 5) is 24.3. The van der Waals surface area contributed by atoms with Crippen LogP contribution in [0.4, 0.5) is 0 Å². The molecule has 0 saturated heterocycles. The summed E-state index contributed by atoms with van der Waals surface area (Å²) in [7, 11) is 0. The highest BCUT2D eigenvalue weighted by molar-refractivity contribution is 4.96. The molecule has 14 heavy (non-hydrogen) atoms. The van der Waals surface area contributed by atoms with Crippen molar-refractivity contribution in [1.29, 1.82) is 0 Å². The first-order valence-electron chi connectivity index (χ1n) is 4.64. The predicted molar refractivity (Wildman–Crippen MR) is 50.2 cm³/mol. The molecule has 2 rings (SSSR count). The van der Waals surface area contributed by atoms with Crippen LogP contribution in [-0.4, -0.2) is 21.3 Å². The Morgan fingerprint density at radius 1 is 1.57 bits per heavy atom. The average Bonchev–Trinajstić information content (AvgIpc) is 2.84. The molecule has 5 nitrogen and oxygen atoms in total. The van der Waals surface area contributed by atoms with Gasteiger partial charge in [-0.25, -0.2) is 4.79 Å². The molecule has 2 atom stereocenters. The number of nitrogens with one attached hydrogen (secondary N) is 1. The highest BCUT2D eigenvalue weighted by Gasteiger charge is 2.38. The summed E-state index contributed by atoms with van der Waals surface area (Å²) in [6.07, 6.45) is 3.14. The van der Waals surface area contributed by atoms with Crippen molar-refractivity contribution in [3.63, 3.8) is 0 Å². The van der Waals surface area contributed by atoms with Crippen LogP contribution >= 0.6 is 0 Å². The monoisotopic (exact) mass is 196 g/mol. The van der Waals surface area contributed by atoms with Crippen molar-refractivity contribution in [2.45, 2.75) is 18.9 Å². The van der Waals surface area contributed by atoms with Gasteiger partial charge in [-0.2, -0.15) is 0 Å². The minimum atomic E-state index is -0.370. The maximum absolute atomic E-state index is 11.3. The fourth-order valence-electron chi connectivity index (χ4n) is 1.74. The number of aromatic nitrogens is 2. The Labute approximate surface area is 80.0 Å². The molecular weight excluding hydrogens is 184 g/mol. The van der Waals surface area contributed by atoms with E-state index in [-0.39, 0.29) is 23.9 Å². The summed E-state index contributed by atoms with van der Waals surface area (Å²) in [5.41, 5.74) is -0.728. The van der Waals surface area contributed by atoms with Gasteiger partial charge in [0.2, 0.25) is 0 Å². The van der Waals surface area contributed by atoms with Gasteiger partial charge >= 0.3 is 5.69 Å². The Morgan fingerprint density at radius 3 is 3.00 bits per heavy atom. The van der Waals surface area contributed by atoms with E-state index in [1.165, 1.54) is 16.8 Å². The molecule has 2 N–H and O–H groups in total. The molecule has 1 aliphatic carbocycles. The molecule has 76 valence electrons. The third-order valence-electron chi connectivity index (χ3n) is 2.59. The van der Waals surface area contributed by atoms with Crippen molar-refractivity contribution >= 4 is 0 Å². The molecule has 0 spiro atoms. The van der Waals surface area contributed by atoms with E-state index in [0.717, 1.165) is 12.8 Å². The van der Waals surface area contributed by atoms with Crippen molar-refractivity contribution in [2.24, 2.45) is 5.92 Å². The molecule has 1 saturated carbocycles. The zero-order valence-corrected chi connectivity index (χ0v) is 7.64. The van der Waals surface area contributed by atoms with Crippen LogP contribution in [0, 0.1) is 5.92 Å². The van der Waals surface area contributed by atoms with E-state index in [1.807, 2.05) is 0 Å². The number of nitrogens with zero attached hydrogens (tertiary/aromatic N) is 1. The molecule has 0 aliphatic heterocycles. The SMILES string of the molecule is O=c1ccn([C@@H]2C[C@@H]2CCO)c(=O)[nH]1. The Morgan fingerprint density at radius 2 is 2.36 bits per heavy atom. The van der Waals surface area contributed by atoms with Crippen molar-refractivity contribution < 1.29 is 5.11 Å². The van der Waals surface area contributed by atoms with E-state index in [9.17, 15) is 9.59 Å². The average molecular weight is 196 g/mol. The predicted octanol–water partition coefficient (Wildman–Crippen LogP) is -0.520. The Kier molecular flexibility index (Phi) is 2.25. The molecule has 0 aromatic carbocycles. The Balaban J connectivity index is 2.19. The maximum Gasteiger partial charge on any atom is 0.328 e. The van der Waals surface area contributed by atoms with Gasteiger partial charge in [0.1, 0.15) is 0 Å². The van der Waals surface area contributed by atoms with E-state index >= 15 is 0 Å². The summed E-state index contributed by atoms with van der Waals surface area (Å²) >= 11 is 0. The minimum absolute atomic E-state index is 0.152. The molecule has 1 aromatic heterocycles. The van der Waals surface area contributed by atoms with Gasteiger partial charge < -0.3 is 5.11 Å². The molecule has 1 aromatic rings. The van der Waals surface area contributed by atoms with Crippen LogP contribution in [0.3, 0.4) is 0 Å². The lowest BCUT2D eigenvalue weighted by molar-refractivity contribution is 0.276. The molecule has 1 fully saturated rings. The summed E-state index contributed by atoms with van der Waals surface area (Å²) in [6.45, 7) is 0.152. The second kappa shape index (κ2) is 3.42. The van der Waals surface area contributed by atoms with Crippen LogP contribution in [0.25, 0.3) is 0 Å². The quantitative estimate of drug-likeness (QED) is 0.683. The van der Waals surface area contributed by atoms with Gasteiger partial charge in [0.25, 0.3) is 5.56 Å². The highest BCUT2D eigenvalue weighted by atomic mass is 16.3. The van der Waals surface area contributed by atoms with E-state index in [2.05, 4.69) is 4.98 Å². The van der Waals surface area contributed by atoms with E-state index in [4.69, 9.17) is 5.11 Å². The van der Waals surface area contributed by atoms with Gasteiger partial charge in [-0.1, -0.05) is 0 Å². The van der Waals surface area contributed by atoms with Crippen LogP contribution in [-0.2, 0) is 0 Å². The normalized spacial score (nSPS) is 24.9. The van der Waals surface area contributed by atoms with Crippen LogP contribution in [0.15, 0.2) is 21.9 Å². The Hall–Kier alpha value is -1.36. The van der Waals surface area contributed by atoms with Crippen LogP contribution < -0.4 is 11.2 Å². The molecule has 5 heteroatoms. The molecule has 1 heterocycles. The standard InChI is InChI=1S/C9H12N2O3/c12-4-2-6-5-7(6)11-3-1-8(13)10-9(11)14/h1,3,6-7,12H,2,4-5H2,(H,10,13,14)/t6-,7+/m0/s1. The molecule has 1 aliphatic rings. The zero-order valence-electron chi connectivity index (χ0n) is 7.64. The summed E-state index contributed by atoms with van der Waals surface area (Å²) in [6, 6.07) is 1.50. The topological polar surface area (TPSA) is 75.1 Å². The first kappa shape index (κ1) is 9.21. The minimum Gasteiger partial charge on any atom is -0.396 e. The van der Waals surface area contributed by atoms with Crippen molar-refractivity contribution in [3.05, 3.63) is 33.1 Å². The smallest absolute Gasteiger partial charge is 0.328 e. The third kappa shape index (κ3) is 1.63. The third-order valence-corrected chi connectivity index (χ3v) is 2.59. The molecule has 0 amide bonds. The van der Waals surface area contributed by atoms with Gasteiger partial charge in [-0.05, 0) is 18.8 Å². The van der Waals surface area contributed by atoms with Gasteiger partial charge in [0, 0.05) is 24.9 Å². The molecule has 0 bridgehead atoms. The van der Waals surface area contributed by atoms with Crippen LogP contribution in [0.1, 0.15) is 18.9 Å². The second-order valence-electron chi connectivity index (χ2n) is 3.59. The van der Waals surface area contributed by atoms with Crippen molar-refractivity contribution in [1.82, 2.24) is 9.55 Å². The second-order valence-corrected chi connectivity index (χ2v) is 3.59. The van der Waals surface area contributed by atoms with Crippen molar-refractivity contribution in [2.75, 3.05) is 6.61 Å². The highest BCUT2D eigenvalue weighted by Crippen LogP contribution is 2.44. The lowest BCUT2D eigenvalue weighted by Gasteiger charge is -2.01. The van der Waals surface area contributed by atoms with Gasteiger partial charge in [-0.15, -0.1) is 0 Å². The fraction of sp³-hybridized carbons (Fsp3) is 0.556. The van der Waals surface area contributed by atoms with Gasteiger partial charge in [-0.3, -0.25) is 14.3 Å². The molecule has 0 radical (unpaired) electrons. The maximum atomic E-state index is 11.3. The summed E-state index contributed by atoms with van der Waals surface area (Å²) < 4.78 is 1.53. The van der Waals surface area contributed by atoms with E-state index in [0.29, 0.717) is 5.92 Å². The van der Waals surface area contributed by atoms with Crippen LogP contribution in [0.2, 0.25) is 0 Å². The largest absolute Gasteiger partial charge is 0.396 e. The number of hydrogen-bond acceptors (Lipinski definition) is 3. The number of hydrogen-bond donors (Lipinski definition) is 2. The first-order chi connectivity index (χ1) is 6.72. The summed E-state index contributed by atoms with van der Waals surface area (Å²) in [5, 5.41) is 8.71. The zero-order chi connectivity index (χ0) is 10.1. The lowest BCUT2D eigenvalue weighted by atomic mass is 10.3. The number of aliphatic hydroxyl groups is 1.